The zero-order valence-corrected chi connectivity index (χ0v) is 22.4. The highest BCUT2D eigenvalue weighted by Crippen LogP contribution is 2.55. The van der Waals surface area contributed by atoms with E-state index in [-0.39, 0.29) is 24.4 Å². The van der Waals surface area contributed by atoms with Crippen LogP contribution in [0.25, 0.3) is 0 Å². The molecule has 9 heteroatoms. The van der Waals surface area contributed by atoms with Crippen LogP contribution in [0.5, 0.6) is 5.75 Å². The minimum atomic E-state index is -1.43. The van der Waals surface area contributed by atoms with Crippen LogP contribution in [-0.2, 0) is 26.5 Å². The standard InChI is InChI=1S/C30H28FN3O4S/c1-38-20-13-11-19(12-14-20)34-27(35)25-23(15-16-39-2)32-30(26(25)28(34)36)21-8-4-6-10-24(21)33(29(30)37)17-18-7-3-5-9-22(18)31/h3-14,23,25-26,32H,15-17H2,1-2H3/t23-,25+,26+,30-/m1/s1. The Bertz CT molecular complexity index is 1460. The largest absolute Gasteiger partial charge is 0.497 e. The zero-order chi connectivity index (χ0) is 27.3. The Balaban J connectivity index is 1.46. The van der Waals surface area contributed by atoms with Gasteiger partial charge in [-0.2, -0.15) is 11.8 Å². The molecule has 3 aromatic rings. The quantitative estimate of drug-likeness (QED) is 0.451. The molecule has 1 spiro atoms. The van der Waals surface area contributed by atoms with Gasteiger partial charge in [0.2, 0.25) is 11.8 Å². The van der Waals surface area contributed by atoms with E-state index in [1.807, 2.05) is 30.5 Å². The zero-order valence-electron chi connectivity index (χ0n) is 21.6. The number of fused-ring (bicyclic) bond motifs is 4. The number of benzene rings is 3. The van der Waals surface area contributed by atoms with Crippen LogP contribution in [0.3, 0.4) is 0 Å². The van der Waals surface area contributed by atoms with E-state index in [0.29, 0.717) is 34.7 Å². The molecule has 2 fully saturated rings. The predicted molar refractivity (Wildman–Crippen MR) is 148 cm³/mol. The summed E-state index contributed by atoms with van der Waals surface area (Å²) >= 11 is 1.65. The van der Waals surface area contributed by atoms with Gasteiger partial charge < -0.3 is 9.64 Å². The maximum Gasteiger partial charge on any atom is 0.253 e. The molecule has 0 saturated carbocycles. The van der Waals surface area contributed by atoms with Gasteiger partial charge in [0.25, 0.3) is 5.91 Å². The number of carbonyl (C=O) groups is 3. The molecule has 0 unspecified atom stereocenters. The summed E-state index contributed by atoms with van der Waals surface area (Å²) in [6.45, 7) is 0.0170. The number of ether oxygens (including phenoxy) is 1. The molecule has 3 heterocycles. The fourth-order valence-electron chi connectivity index (χ4n) is 6.38. The van der Waals surface area contributed by atoms with Crippen LogP contribution in [-0.4, -0.2) is 42.9 Å². The molecule has 6 rings (SSSR count). The first-order chi connectivity index (χ1) is 18.9. The van der Waals surface area contributed by atoms with Gasteiger partial charge in [0.05, 0.1) is 31.2 Å². The van der Waals surface area contributed by atoms with Crippen molar-refractivity contribution >= 4 is 40.9 Å². The van der Waals surface area contributed by atoms with E-state index < -0.39 is 29.1 Å². The summed E-state index contributed by atoms with van der Waals surface area (Å²) in [6, 6.07) is 20.0. The van der Waals surface area contributed by atoms with Crippen LogP contribution in [0, 0.1) is 17.7 Å². The van der Waals surface area contributed by atoms with Gasteiger partial charge in [0.1, 0.15) is 17.1 Å². The molecule has 3 aromatic carbocycles. The number of halogens is 1. The maximum absolute atomic E-state index is 14.7. The molecule has 0 radical (unpaired) electrons. The lowest BCUT2D eigenvalue weighted by Crippen LogP contribution is -2.55. The molecule has 4 atom stereocenters. The third-order valence-corrected chi connectivity index (χ3v) is 8.76. The number of hydrogen-bond acceptors (Lipinski definition) is 6. The van der Waals surface area contributed by atoms with E-state index in [2.05, 4.69) is 5.32 Å². The van der Waals surface area contributed by atoms with Crippen molar-refractivity contribution in [2.45, 2.75) is 24.5 Å². The van der Waals surface area contributed by atoms with Crippen molar-refractivity contribution in [1.29, 1.82) is 0 Å². The Labute approximate surface area is 230 Å². The average Bonchev–Trinajstić information content (AvgIpc) is 3.52. The van der Waals surface area contributed by atoms with Crippen molar-refractivity contribution in [1.82, 2.24) is 5.32 Å². The van der Waals surface area contributed by atoms with Gasteiger partial charge in [0.15, 0.2) is 0 Å². The van der Waals surface area contributed by atoms with Gasteiger partial charge in [-0.3, -0.25) is 19.7 Å². The average molecular weight is 546 g/mol. The number of imide groups is 1. The topological polar surface area (TPSA) is 79.0 Å². The summed E-state index contributed by atoms with van der Waals surface area (Å²) in [4.78, 5) is 45.4. The molecule has 3 amide bonds. The second-order valence-electron chi connectivity index (χ2n) is 10.1. The van der Waals surface area contributed by atoms with Gasteiger partial charge in [-0.15, -0.1) is 0 Å². The van der Waals surface area contributed by atoms with Gasteiger partial charge in [-0.25, -0.2) is 9.29 Å². The van der Waals surface area contributed by atoms with Crippen molar-refractivity contribution in [3.8, 4) is 5.75 Å². The minimum absolute atomic E-state index is 0.0170. The molecule has 39 heavy (non-hydrogen) atoms. The van der Waals surface area contributed by atoms with Crippen LogP contribution in [0.15, 0.2) is 72.8 Å². The first kappa shape index (κ1) is 25.6. The summed E-state index contributed by atoms with van der Waals surface area (Å²) in [7, 11) is 1.55. The molecule has 2 saturated heterocycles. The second kappa shape index (κ2) is 9.81. The van der Waals surface area contributed by atoms with Gasteiger partial charge in [-0.1, -0.05) is 36.4 Å². The number of amides is 3. The van der Waals surface area contributed by atoms with E-state index in [0.717, 1.165) is 5.75 Å². The third kappa shape index (κ3) is 3.78. The highest BCUT2D eigenvalue weighted by Gasteiger charge is 2.71. The van der Waals surface area contributed by atoms with E-state index in [1.54, 1.807) is 66.2 Å². The summed E-state index contributed by atoms with van der Waals surface area (Å²) in [5.41, 5.74) is 0.654. The minimum Gasteiger partial charge on any atom is -0.497 e. The fourth-order valence-corrected chi connectivity index (χ4v) is 6.87. The lowest BCUT2D eigenvalue weighted by atomic mass is 9.76. The number of anilines is 2. The third-order valence-electron chi connectivity index (χ3n) is 8.12. The lowest BCUT2D eigenvalue weighted by Gasteiger charge is -2.30. The number of para-hydroxylation sites is 1. The van der Waals surface area contributed by atoms with Crippen molar-refractivity contribution in [2.75, 3.05) is 28.9 Å². The molecular formula is C30H28FN3O4S. The van der Waals surface area contributed by atoms with Gasteiger partial charge in [-0.05, 0) is 54.8 Å². The number of carbonyl (C=O) groups excluding carboxylic acids is 3. The summed E-state index contributed by atoms with van der Waals surface area (Å²) in [6.07, 6.45) is 2.60. The molecular weight excluding hydrogens is 517 g/mol. The Morgan fingerprint density at radius 1 is 0.974 bits per heavy atom. The molecule has 0 aliphatic carbocycles. The van der Waals surface area contributed by atoms with E-state index in [9.17, 15) is 18.8 Å². The fraction of sp³-hybridized carbons (Fsp3) is 0.300. The summed E-state index contributed by atoms with van der Waals surface area (Å²) < 4.78 is 19.9. The molecule has 0 aromatic heterocycles. The van der Waals surface area contributed by atoms with Gasteiger partial charge >= 0.3 is 0 Å². The number of nitrogens with zero attached hydrogens (tertiary/aromatic N) is 2. The van der Waals surface area contributed by atoms with Crippen LogP contribution in [0.4, 0.5) is 15.8 Å². The summed E-state index contributed by atoms with van der Waals surface area (Å²) in [5, 5.41) is 3.50. The number of rotatable bonds is 7. The Morgan fingerprint density at radius 3 is 2.41 bits per heavy atom. The highest BCUT2D eigenvalue weighted by molar-refractivity contribution is 7.98. The second-order valence-corrected chi connectivity index (χ2v) is 11.0. The van der Waals surface area contributed by atoms with Crippen molar-refractivity contribution in [3.05, 3.63) is 89.7 Å². The lowest BCUT2D eigenvalue weighted by molar-refractivity contribution is -0.132. The highest BCUT2D eigenvalue weighted by atomic mass is 32.2. The van der Waals surface area contributed by atoms with Gasteiger partial charge in [0, 0.05) is 22.9 Å². The van der Waals surface area contributed by atoms with Crippen molar-refractivity contribution in [2.24, 2.45) is 11.8 Å². The first-order valence-electron chi connectivity index (χ1n) is 12.9. The van der Waals surface area contributed by atoms with Crippen molar-refractivity contribution in [3.63, 3.8) is 0 Å². The Kier molecular flexibility index (Phi) is 6.43. The van der Waals surface area contributed by atoms with Crippen LogP contribution in [0.2, 0.25) is 0 Å². The number of thioether (sulfide) groups is 1. The number of hydrogen-bond donors (Lipinski definition) is 1. The Hall–Kier alpha value is -3.69. The van der Waals surface area contributed by atoms with Crippen molar-refractivity contribution < 1.29 is 23.5 Å². The Morgan fingerprint density at radius 2 is 1.69 bits per heavy atom. The van der Waals surface area contributed by atoms with E-state index in [4.69, 9.17) is 4.74 Å². The normalized spacial score (nSPS) is 25.5. The number of nitrogens with one attached hydrogen (secondary N) is 1. The SMILES string of the molecule is COc1ccc(N2C(=O)[C@@H]3[C@@H](C2=O)[C@@]2(N[C@@H]3CCSC)C(=O)N(Cc3ccccc3F)c3ccccc32)cc1. The molecule has 3 aliphatic rings. The van der Waals surface area contributed by atoms with E-state index >= 15 is 0 Å². The van der Waals surface area contributed by atoms with Crippen LogP contribution in [0.1, 0.15) is 17.5 Å². The molecule has 3 aliphatic heterocycles. The molecule has 7 nitrogen and oxygen atoms in total. The summed E-state index contributed by atoms with van der Waals surface area (Å²) in [5.74, 6) is -1.75. The molecule has 1 N–H and O–H groups in total. The first-order valence-corrected chi connectivity index (χ1v) is 14.2. The van der Waals surface area contributed by atoms with Crippen LogP contribution < -0.4 is 19.9 Å². The monoisotopic (exact) mass is 545 g/mol. The smallest absolute Gasteiger partial charge is 0.253 e. The predicted octanol–water partition coefficient (Wildman–Crippen LogP) is 4.11. The molecule has 0 bridgehead atoms. The van der Waals surface area contributed by atoms with E-state index in [1.165, 1.54) is 11.0 Å². The van der Waals surface area contributed by atoms with Crippen LogP contribution >= 0.6 is 11.8 Å². The maximum atomic E-state index is 14.7. The number of methoxy groups -OCH3 is 1. The molecule has 200 valence electrons.